The van der Waals surface area contributed by atoms with Gasteiger partial charge in [-0.1, -0.05) is 20.8 Å². The van der Waals surface area contributed by atoms with Gasteiger partial charge in [0.25, 0.3) is 0 Å². The molecule has 0 atom stereocenters. The van der Waals surface area contributed by atoms with Crippen molar-refractivity contribution in [1.82, 2.24) is 0 Å². The first-order valence-corrected chi connectivity index (χ1v) is 7.04. The summed E-state index contributed by atoms with van der Waals surface area (Å²) in [6.07, 6.45) is 2.84. The second-order valence-electron chi connectivity index (χ2n) is 4.38. The van der Waals surface area contributed by atoms with Crippen LogP contribution in [0.5, 0.6) is 17.2 Å². The predicted octanol–water partition coefficient (Wildman–Crippen LogP) is 3.64. The van der Waals surface area contributed by atoms with Crippen molar-refractivity contribution in [3.8, 4) is 17.2 Å². The van der Waals surface area contributed by atoms with Crippen LogP contribution in [0.1, 0.15) is 40.0 Å². The lowest BCUT2D eigenvalue weighted by molar-refractivity contribution is 0.264. The smallest absolute Gasteiger partial charge is 0.165 e. The first-order chi connectivity index (χ1) is 9.22. The molecule has 0 aliphatic heterocycles. The molecule has 19 heavy (non-hydrogen) atoms. The highest BCUT2D eigenvalue weighted by atomic mass is 16.5. The summed E-state index contributed by atoms with van der Waals surface area (Å²) < 4.78 is 17.0. The number of ether oxygens (including phenoxy) is 3. The van der Waals surface area contributed by atoms with Crippen molar-refractivity contribution in [3.05, 3.63) is 12.1 Å². The van der Waals surface area contributed by atoms with E-state index in [0.29, 0.717) is 42.8 Å². The minimum atomic E-state index is 0.586. The van der Waals surface area contributed by atoms with Crippen LogP contribution in [-0.4, -0.2) is 19.8 Å². The first kappa shape index (κ1) is 15.5. The topological polar surface area (TPSA) is 53.7 Å². The number of nitrogens with two attached hydrogens (primary N) is 1. The summed E-state index contributed by atoms with van der Waals surface area (Å²) in [5, 5.41) is 0. The number of hydrogen-bond acceptors (Lipinski definition) is 4. The van der Waals surface area contributed by atoms with Crippen LogP contribution in [-0.2, 0) is 0 Å². The van der Waals surface area contributed by atoms with E-state index >= 15 is 0 Å². The molecule has 4 nitrogen and oxygen atoms in total. The molecule has 0 saturated heterocycles. The van der Waals surface area contributed by atoms with Crippen molar-refractivity contribution in [1.29, 1.82) is 0 Å². The molecule has 0 unspecified atom stereocenters. The van der Waals surface area contributed by atoms with Crippen LogP contribution >= 0.6 is 0 Å². The Balaban J connectivity index is 2.91. The molecule has 0 aliphatic carbocycles. The largest absolute Gasteiger partial charge is 0.491 e. The van der Waals surface area contributed by atoms with Crippen molar-refractivity contribution in [2.75, 3.05) is 25.6 Å². The van der Waals surface area contributed by atoms with E-state index in [0.717, 1.165) is 19.3 Å². The fraction of sp³-hybridized carbons (Fsp3) is 0.600. The van der Waals surface area contributed by atoms with Crippen molar-refractivity contribution in [2.24, 2.45) is 0 Å². The molecule has 2 N–H and O–H groups in total. The summed E-state index contributed by atoms with van der Waals surface area (Å²) >= 11 is 0. The van der Waals surface area contributed by atoms with Crippen molar-refractivity contribution >= 4 is 5.69 Å². The Morgan fingerprint density at radius 1 is 0.737 bits per heavy atom. The van der Waals surface area contributed by atoms with E-state index in [-0.39, 0.29) is 0 Å². The zero-order valence-electron chi connectivity index (χ0n) is 12.2. The zero-order valence-corrected chi connectivity index (χ0v) is 12.2. The molecule has 0 heterocycles. The van der Waals surface area contributed by atoms with Crippen LogP contribution in [0.4, 0.5) is 5.69 Å². The monoisotopic (exact) mass is 267 g/mol. The summed E-state index contributed by atoms with van der Waals surface area (Å²) in [5.74, 6) is 2.06. The molecule has 108 valence electrons. The quantitative estimate of drug-likeness (QED) is 0.694. The number of anilines is 1. The highest BCUT2D eigenvalue weighted by Gasteiger charge is 2.11. The van der Waals surface area contributed by atoms with Crippen molar-refractivity contribution in [2.45, 2.75) is 40.0 Å². The Bertz CT molecular complexity index is 380. The van der Waals surface area contributed by atoms with Gasteiger partial charge >= 0.3 is 0 Å². The minimum absolute atomic E-state index is 0.586. The molecule has 1 rings (SSSR count). The molecule has 4 heteroatoms. The predicted molar refractivity (Wildman–Crippen MR) is 78.2 cm³/mol. The SMILES string of the molecule is CCCOc1cc(OCCC)c(OCCC)cc1N. The molecule has 1 aromatic carbocycles. The van der Waals surface area contributed by atoms with Gasteiger partial charge in [-0.3, -0.25) is 0 Å². The van der Waals surface area contributed by atoms with Gasteiger partial charge in [-0.15, -0.1) is 0 Å². The summed E-state index contributed by atoms with van der Waals surface area (Å²) in [5.41, 5.74) is 6.56. The van der Waals surface area contributed by atoms with Gasteiger partial charge in [0.2, 0.25) is 0 Å². The highest BCUT2D eigenvalue weighted by Crippen LogP contribution is 2.37. The molecule has 0 aromatic heterocycles. The van der Waals surface area contributed by atoms with E-state index in [1.807, 2.05) is 6.07 Å². The maximum absolute atomic E-state index is 5.97. The third kappa shape index (κ3) is 4.89. The molecule has 0 saturated carbocycles. The molecule has 0 spiro atoms. The Hall–Kier alpha value is -1.58. The second-order valence-corrected chi connectivity index (χ2v) is 4.38. The third-order valence-electron chi connectivity index (χ3n) is 2.46. The van der Waals surface area contributed by atoms with Crippen molar-refractivity contribution < 1.29 is 14.2 Å². The van der Waals surface area contributed by atoms with E-state index in [4.69, 9.17) is 19.9 Å². The number of rotatable bonds is 9. The maximum atomic E-state index is 5.97. The molecule has 0 bridgehead atoms. The average Bonchev–Trinajstić information content (AvgIpc) is 2.42. The fourth-order valence-electron chi connectivity index (χ4n) is 1.54. The van der Waals surface area contributed by atoms with Gasteiger partial charge in [-0.2, -0.15) is 0 Å². The van der Waals surface area contributed by atoms with Crippen LogP contribution in [0.2, 0.25) is 0 Å². The van der Waals surface area contributed by atoms with E-state index < -0.39 is 0 Å². The van der Waals surface area contributed by atoms with Crippen LogP contribution in [0, 0.1) is 0 Å². The standard InChI is InChI=1S/C15H25NO3/c1-4-7-17-13-11-15(19-9-6-3)14(10-12(13)16)18-8-5-2/h10-11H,4-9,16H2,1-3H3. The highest BCUT2D eigenvalue weighted by molar-refractivity contribution is 5.62. The van der Waals surface area contributed by atoms with Crippen LogP contribution in [0.3, 0.4) is 0 Å². The minimum Gasteiger partial charge on any atom is -0.491 e. The van der Waals surface area contributed by atoms with Gasteiger partial charge in [0.05, 0.1) is 25.5 Å². The molecular formula is C15H25NO3. The zero-order chi connectivity index (χ0) is 14.1. The normalized spacial score (nSPS) is 10.3. The Morgan fingerprint density at radius 2 is 1.16 bits per heavy atom. The average molecular weight is 267 g/mol. The lowest BCUT2D eigenvalue weighted by atomic mass is 10.2. The Labute approximate surface area is 115 Å². The molecule has 0 amide bonds. The second kappa shape index (κ2) is 8.51. The molecular weight excluding hydrogens is 242 g/mol. The summed E-state index contributed by atoms with van der Waals surface area (Å²) in [6, 6.07) is 3.61. The first-order valence-electron chi connectivity index (χ1n) is 7.04. The van der Waals surface area contributed by atoms with Crippen LogP contribution in [0.15, 0.2) is 12.1 Å². The maximum Gasteiger partial charge on any atom is 0.165 e. The van der Waals surface area contributed by atoms with E-state index in [1.165, 1.54) is 0 Å². The Morgan fingerprint density at radius 3 is 1.63 bits per heavy atom. The van der Waals surface area contributed by atoms with E-state index in [9.17, 15) is 0 Å². The molecule has 1 aromatic rings. The summed E-state index contributed by atoms with van der Waals surface area (Å²) in [4.78, 5) is 0. The van der Waals surface area contributed by atoms with Crippen molar-refractivity contribution in [3.63, 3.8) is 0 Å². The van der Waals surface area contributed by atoms with Crippen LogP contribution in [0.25, 0.3) is 0 Å². The van der Waals surface area contributed by atoms with Gasteiger partial charge in [0.15, 0.2) is 11.5 Å². The molecule has 0 aliphatic rings. The summed E-state index contributed by atoms with van der Waals surface area (Å²) in [7, 11) is 0. The fourth-order valence-corrected chi connectivity index (χ4v) is 1.54. The van der Waals surface area contributed by atoms with Gasteiger partial charge < -0.3 is 19.9 Å². The number of nitrogen functional groups attached to an aromatic ring is 1. The van der Waals surface area contributed by atoms with Crippen LogP contribution < -0.4 is 19.9 Å². The molecule has 0 fully saturated rings. The molecule has 0 radical (unpaired) electrons. The van der Waals surface area contributed by atoms with Gasteiger partial charge in [0, 0.05) is 12.1 Å². The van der Waals surface area contributed by atoms with Gasteiger partial charge in [-0.25, -0.2) is 0 Å². The van der Waals surface area contributed by atoms with Gasteiger partial charge in [0.1, 0.15) is 5.75 Å². The van der Waals surface area contributed by atoms with Gasteiger partial charge in [-0.05, 0) is 19.3 Å². The van der Waals surface area contributed by atoms with E-state index in [1.54, 1.807) is 6.07 Å². The lowest BCUT2D eigenvalue weighted by Crippen LogP contribution is -2.04. The number of benzene rings is 1. The van der Waals surface area contributed by atoms with E-state index in [2.05, 4.69) is 20.8 Å². The third-order valence-corrected chi connectivity index (χ3v) is 2.46. The summed E-state index contributed by atoms with van der Waals surface area (Å²) in [6.45, 7) is 8.14. The Kier molecular flexibility index (Phi) is 6.93. The number of hydrogen-bond donors (Lipinski definition) is 1. The lowest BCUT2D eigenvalue weighted by Gasteiger charge is -2.15.